The number of ether oxygens (including phenoxy) is 3. The van der Waals surface area contributed by atoms with Crippen molar-refractivity contribution in [2.24, 2.45) is 11.8 Å². The summed E-state index contributed by atoms with van der Waals surface area (Å²) in [7, 11) is 0. The molecule has 3 amide bonds. The molecule has 0 aromatic heterocycles. The van der Waals surface area contributed by atoms with E-state index in [-0.39, 0.29) is 44.7 Å². The molecule has 0 aliphatic carbocycles. The molecule has 2 aliphatic heterocycles. The molecule has 0 radical (unpaired) electrons. The molecule has 2 heterocycles. The predicted molar refractivity (Wildman–Crippen MR) is 108 cm³/mol. The van der Waals surface area contributed by atoms with Crippen LogP contribution in [0.4, 0.5) is 4.79 Å². The minimum absolute atomic E-state index is 0.0145. The van der Waals surface area contributed by atoms with Crippen LogP contribution in [0.5, 0.6) is 0 Å². The standard InChI is InChI=1S/C20H33N3O8/c1-4-20(9-29-11-30-10-20)31-19(28)23-14(7-12(2)3)17(25)22-15(18(26)27)8-13-5-6-21-16(13)24/h12-15H,4-11H2,1-3H3,(H,21,24)(H,22,25)(H,23,28)(H,26,27)/t13-,14-,15-/m0/s1. The summed E-state index contributed by atoms with van der Waals surface area (Å²) in [5.41, 5.74) is -0.944. The number of carbonyl (C=O) groups is 4. The molecule has 31 heavy (non-hydrogen) atoms. The molecule has 11 heteroatoms. The Labute approximate surface area is 181 Å². The van der Waals surface area contributed by atoms with E-state index >= 15 is 0 Å². The summed E-state index contributed by atoms with van der Waals surface area (Å²) in [4.78, 5) is 48.8. The van der Waals surface area contributed by atoms with E-state index in [0.717, 1.165) is 0 Å². The molecular weight excluding hydrogens is 410 g/mol. The lowest BCUT2D eigenvalue weighted by Crippen LogP contribution is -2.55. The number of carboxylic acids is 1. The predicted octanol–water partition coefficient (Wildman–Crippen LogP) is 0.376. The SMILES string of the molecule is CCC1(OC(=O)N[C@@H](CC(C)C)C(=O)N[C@@H](C[C@@H]2CCNC2=O)C(=O)O)COCOC1. The van der Waals surface area contributed by atoms with Crippen LogP contribution >= 0.6 is 0 Å². The maximum atomic E-state index is 12.8. The van der Waals surface area contributed by atoms with Crippen LogP contribution in [0.1, 0.15) is 46.5 Å². The fourth-order valence-corrected chi connectivity index (χ4v) is 3.61. The summed E-state index contributed by atoms with van der Waals surface area (Å²) in [6.45, 7) is 6.56. The monoisotopic (exact) mass is 443 g/mol. The van der Waals surface area contributed by atoms with Gasteiger partial charge in [0.2, 0.25) is 11.8 Å². The number of alkyl carbamates (subject to hydrolysis) is 1. The van der Waals surface area contributed by atoms with E-state index in [9.17, 15) is 24.3 Å². The van der Waals surface area contributed by atoms with Crippen LogP contribution in [-0.4, -0.2) is 73.2 Å². The largest absolute Gasteiger partial charge is 0.480 e. The Kier molecular flexibility index (Phi) is 9.05. The van der Waals surface area contributed by atoms with Gasteiger partial charge < -0.3 is 35.3 Å². The van der Waals surface area contributed by atoms with E-state index in [0.29, 0.717) is 19.4 Å². The minimum Gasteiger partial charge on any atom is -0.480 e. The maximum absolute atomic E-state index is 12.8. The van der Waals surface area contributed by atoms with Crippen molar-refractivity contribution in [1.29, 1.82) is 0 Å². The number of carboxylic acid groups (broad SMARTS) is 1. The van der Waals surface area contributed by atoms with Gasteiger partial charge in [-0.3, -0.25) is 9.59 Å². The van der Waals surface area contributed by atoms with Crippen molar-refractivity contribution in [3.8, 4) is 0 Å². The first-order valence-corrected chi connectivity index (χ1v) is 10.6. The lowest BCUT2D eigenvalue weighted by Gasteiger charge is -2.35. The highest BCUT2D eigenvalue weighted by atomic mass is 16.7. The van der Waals surface area contributed by atoms with Gasteiger partial charge in [-0.2, -0.15) is 0 Å². The second kappa shape index (κ2) is 11.3. The highest BCUT2D eigenvalue weighted by Crippen LogP contribution is 2.21. The summed E-state index contributed by atoms with van der Waals surface area (Å²) in [6, 6.07) is -2.23. The molecule has 2 rings (SSSR count). The van der Waals surface area contributed by atoms with Gasteiger partial charge in [0.05, 0.1) is 13.2 Å². The van der Waals surface area contributed by atoms with Crippen LogP contribution in [-0.2, 0) is 28.6 Å². The molecule has 3 atom stereocenters. The van der Waals surface area contributed by atoms with Crippen molar-refractivity contribution >= 4 is 23.9 Å². The summed E-state index contributed by atoms with van der Waals surface area (Å²) in [6.07, 6.45) is 0.440. The highest BCUT2D eigenvalue weighted by Gasteiger charge is 2.38. The smallest absolute Gasteiger partial charge is 0.408 e. The number of carbonyl (C=O) groups excluding carboxylic acids is 3. The summed E-state index contributed by atoms with van der Waals surface area (Å²) in [5.74, 6) is -2.53. The highest BCUT2D eigenvalue weighted by molar-refractivity contribution is 5.90. The number of aliphatic carboxylic acids is 1. The van der Waals surface area contributed by atoms with E-state index in [2.05, 4.69) is 16.0 Å². The number of hydrogen-bond donors (Lipinski definition) is 4. The molecule has 176 valence electrons. The molecule has 0 aromatic rings. The zero-order chi connectivity index (χ0) is 23.0. The summed E-state index contributed by atoms with van der Waals surface area (Å²) < 4.78 is 16.0. The third-order valence-corrected chi connectivity index (χ3v) is 5.46. The van der Waals surface area contributed by atoms with Gasteiger partial charge in [-0.05, 0) is 31.6 Å². The van der Waals surface area contributed by atoms with Crippen LogP contribution in [0.15, 0.2) is 0 Å². The molecular formula is C20H33N3O8. The van der Waals surface area contributed by atoms with Crippen LogP contribution in [0.2, 0.25) is 0 Å². The van der Waals surface area contributed by atoms with Gasteiger partial charge in [-0.1, -0.05) is 20.8 Å². The van der Waals surface area contributed by atoms with Gasteiger partial charge in [0, 0.05) is 12.5 Å². The first-order valence-electron chi connectivity index (χ1n) is 10.6. The van der Waals surface area contributed by atoms with Crippen molar-refractivity contribution in [2.45, 2.75) is 64.1 Å². The number of hydrogen-bond acceptors (Lipinski definition) is 7. The number of amides is 3. The van der Waals surface area contributed by atoms with Crippen LogP contribution in [0.25, 0.3) is 0 Å². The number of rotatable bonds is 10. The van der Waals surface area contributed by atoms with Gasteiger partial charge in [-0.15, -0.1) is 0 Å². The van der Waals surface area contributed by atoms with Crippen LogP contribution in [0.3, 0.4) is 0 Å². The molecule has 11 nitrogen and oxygen atoms in total. The van der Waals surface area contributed by atoms with E-state index in [4.69, 9.17) is 14.2 Å². The number of nitrogens with one attached hydrogen (secondary N) is 3. The van der Waals surface area contributed by atoms with Gasteiger partial charge in [0.25, 0.3) is 0 Å². The van der Waals surface area contributed by atoms with Gasteiger partial charge >= 0.3 is 12.1 Å². The molecule has 4 N–H and O–H groups in total. The molecule has 0 saturated carbocycles. The third-order valence-electron chi connectivity index (χ3n) is 5.46. The first-order chi connectivity index (χ1) is 14.7. The van der Waals surface area contributed by atoms with E-state index < -0.39 is 41.6 Å². The average Bonchev–Trinajstić information content (AvgIpc) is 3.11. The Morgan fingerprint density at radius 3 is 2.42 bits per heavy atom. The van der Waals surface area contributed by atoms with Crippen molar-refractivity contribution in [3.63, 3.8) is 0 Å². The first kappa shape index (κ1) is 24.9. The molecule has 2 fully saturated rings. The van der Waals surface area contributed by atoms with Crippen LogP contribution < -0.4 is 16.0 Å². The third kappa shape index (κ3) is 7.35. The molecule has 0 spiro atoms. The summed E-state index contributed by atoms with van der Waals surface area (Å²) >= 11 is 0. The molecule has 0 aromatic carbocycles. The van der Waals surface area contributed by atoms with E-state index in [1.807, 2.05) is 20.8 Å². The topological polar surface area (TPSA) is 152 Å². The average molecular weight is 443 g/mol. The molecule has 2 saturated heterocycles. The molecule has 0 bridgehead atoms. The Bertz CT molecular complexity index is 663. The lowest BCUT2D eigenvalue weighted by atomic mass is 9.97. The molecule has 2 aliphatic rings. The summed E-state index contributed by atoms with van der Waals surface area (Å²) in [5, 5.41) is 17.2. The van der Waals surface area contributed by atoms with Crippen molar-refractivity contribution in [3.05, 3.63) is 0 Å². The van der Waals surface area contributed by atoms with Gasteiger partial charge in [0.1, 0.15) is 18.9 Å². The fourth-order valence-electron chi connectivity index (χ4n) is 3.61. The normalized spacial score (nSPS) is 22.3. The Morgan fingerprint density at radius 1 is 1.23 bits per heavy atom. The molecule has 0 unspecified atom stereocenters. The Hall–Kier alpha value is -2.40. The van der Waals surface area contributed by atoms with Gasteiger partial charge in [0.15, 0.2) is 5.60 Å². The van der Waals surface area contributed by atoms with E-state index in [1.165, 1.54) is 0 Å². The van der Waals surface area contributed by atoms with Gasteiger partial charge in [-0.25, -0.2) is 9.59 Å². The second-order valence-electron chi connectivity index (χ2n) is 8.48. The van der Waals surface area contributed by atoms with Crippen molar-refractivity contribution < 1.29 is 38.5 Å². The minimum atomic E-state index is -1.24. The zero-order valence-corrected chi connectivity index (χ0v) is 18.3. The van der Waals surface area contributed by atoms with E-state index in [1.54, 1.807) is 0 Å². The zero-order valence-electron chi connectivity index (χ0n) is 18.3. The Balaban J connectivity index is 2.01. The maximum Gasteiger partial charge on any atom is 0.408 e. The fraction of sp³-hybridized carbons (Fsp3) is 0.800. The lowest BCUT2D eigenvalue weighted by molar-refractivity contribution is -0.200. The second-order valence-corrected chi connectivity index (χ2v) is 8.48. The Morgan fingerprint density at radius 2 is 1.90 bits per heavy atom. The van der Waals surface area contributed by atoms with Crippen molar-refractivity contribution in [2.75, 3.05) is 26.6 Å². The van der Waals surface area contributed by atoms with Crippen molar-refractivity contribution in [1.82, 2.24) is 16.0 Å². The quantitative estimate of drug-likeness (QED) is 0.378. The van der Waals surface area contributed by atoms with Crippen LogP contribution in [0, 0.1) is 11.8 Å².